The molecule has 0 radical (unpaired) electrons. The van der Waals surface area contributed by atoms with E-state index in [4.69, 9.17) is 4.74 Å². The first-order chi connectivity index (χ1) is 6.45. The number of aromatic amines is 1. The van der Waals surface area contributed by atoms with E-state index in [2.05, 4.69) is 15.5 Å². The summed E-state index contributed by atoms with van der Waals surface area (Å²) in [6, 6.07) is 0. The number of nitrogens with zero attached hydrogens (tertiary/aromatic N) is 1. The number of ether oxygens (including phenoxy) is 1. The maximum atomic E-state index is 5.72. The number of rotatable bonds is 2. The lowest BCUT2D eigenvalue weighted by molar-refractivity contribution is 0.194. The van der Waals surface area contributed by atoms with Gasteiger partial charge in [0.2, 0.25) is 0 Å². The third kappa shape index (κ3) is 2.45. The minimum absolute atomic E-state index is 0.306. The van der Waals surface area contributed by atoms with Crippen molar-refractivity contribution in [3.05, 3.63) is 12.4 Å². The highest BCUT2D eigenvalue weighted by molar-refractivity contribution is 5.10. The Labute approximate surface area is 77.7 Å². The van der Waals surface area contributed by atoms with Crippen LogP contribution in [0.15, 0.2) is 12.4 Å². The molecule has 2 heterocycles. The Kier molecular flexibility index (Phi) is 2.82. The van der Waals surface area contributed by atoms with Crippen LogP contribution in [0.2, 0.25) is 0 Å². The van der Waals surface area contributed by atoms with Crippen LogP contribution >= 0.6 is 0 Å². The van der Waals surface area contributed by atoms with Crippen LogP contribution in [0, 0.1) is 0 Å². The molecule has 1 atom stereocenters. The Morgan fingerprint density at radius 2 is 2.46 bits per heavy atom. The summed E-state index contributed by atoms with van der Waals surface area (Å²) in [5, 5.41) is 9.93. The molecule has 1 aromatic heterocycles. The summed E-state index contributed by atoms with van der Waals surface area (Å²) in [7, 11) is 0. The van der Waals surface area contributed by atoms with Crippen molar-refractivity contribution in [1.29, 1.82) is 0 Å². The lowest BCUT2D eigenvalue weighted by Gasteiger charge is -2.14. The molecule has 4 nitrogen and oxygen atoms in total. The molecule has 72 valence electrons. The van der Waals surface area contributed by atoms with Crippen LogP contribution < -0.4 is 10.1 Å². The molecule has 1 aliphatic rings. The highest BCUT2D eigenvalue weighted by Gasteiger charge is 2.13. The van der Waals surface area contributed by atoms with Crippen LogP contribution in [0.3, 0.4) is 0 Å². The van der Waals surface area contributed by atoms with Gasteiger partial charge < -0.3 is 10.1 Å². The topological polar surface area (TPSA) is 49.9 Å². The number of aromatic nitrogens is 2. The molecule has 1 fully saturated rings. The van der Waals surface area contributed by atoms with E-state index in [-0.39, 0.29) is 0 Å². The Balaban J connectivity index is 1.86. The summed E-state index contributed by atoms with van der Waals surface area (Å²) in [5.74, 6) is 0.841. The van der Waals surface area contributed by atoms with Crippen LogP contribution in [0.25, 0.3) is 0 Å². The van der Waals surface area contributed by atoms with E-state index in [1.165, 1.54) is 12.8 Å². The number of nitrogens with one attached hydrogen (secondary N) is 2. The second-order valence-corrected chi connectivity index (χ2v) is 3.37. The molecule has 2 N–H and O–H groups in total. The lowest BCUT2D eigenvalue weighted by atomic mass is 10.2. The largest absolute Gasteiger partial charge is 0.486 e. The molecule has 1 aromatic rings. The van der Waals surface area contributed by atoms with Gasteiger partial charge in [-0.3, -0.25) is 5.10 Å². The average molecular weight is 181 g/mol. The number of hydrogen-bond acceptors (Lipinski definition) is 3. The van der Waals surface area contributed by atoms with Gasteiger partial charge in [-0.15, -0.1) is 0 Å². The third-order valence-electron chi connectivity index (χ3n) is 2.28. The normalized spacial score (nSPS) is 23.8. The highest BCUT2D eigenvalue weighted by Crippen LogP contribution is 2.13. The summed E-state index contributed by atoms with van der Waals surface area (Å²) in [6.45, 7) is 2.07. The maximum absolute atomic E-state index is 5.72. The lowest BCUT2D eigenvalue weighted by Crippen LogP contribution is -2.29. The van der Waals surface area contributed by atoms with Crippen molar-refractivity contribution in [2.75, 3.05) is 13.1 Å². The first kappa shape index (κ1) is 8.56. The zero-order valence-corrected chi connectivity index (χ0v) is 7.62. The van der Waals surface area contributed by atoms with Crippen LogP contribution in [0.4, 0.5) is 0 Å². The van der Waals surface area contributed by atoms with E-state index >= 15 is 0 Å². The zero-order chi connectivity index (χ0) is 8.93. The van der Waals surface area contributed by atoms with Gasteiger partial charge in [0, 0.05) is 6.54 Å². The van der Waals surface area contributed by atoms with Gasteiger partial charge in [0.1, 0.15) is 6.10 Å². The van der Waals surface area contributed by atoms with Gasteiger partial charge in [-0.05, 0) is 25.8 Å². The number of hydrogen-bond donors (Lipinski definition) is 2. The van der Waals surface area contributed by atoms with Crippen molar-refractivity contribution in [2.45, 2.75) is 25.4 Å². The first-order valence-corrected chi connectivity index (χ1v) is 4.81. The SMILES string of the molecule is c1n[nH]cc1OC1CCCCNC1. The molecule has 1 unspecified atom stereocenters. The van der Waals surface area contributed by atoms with Crippen molar-refractivity contribution in [3.63, 3.8) is 0 Å². The molecular weight excluding hydrogens is 166 g/mol. The molecule has 2 rings (SSSR count). The quantitative estimate of drug-likeness (QED) is 0.713. The van der Waals surface area contributed by atoms with Crippen molar-refractivity contribution in [2.24, 2.45) is 0 Å². The maximum Gasteiger partial charge on any atom is 0.157 e. The Bertz CT molecular complexity index is 227. The fraction of sp³-hybridized carbons (Fsp3) is 0.667. The van der Waals surface area contributed by atoms with E-state index in [1.54, 1.807) is 12.4 Å². The molecular formula is C9H15N3O. The predicted molar refractivity (Wildman–Crippen MR) is 49.7 cm³/mol. The fourth-order valence-electron chi connectivity index (χ4n) is 1.58. The minimum atomic E-state index is 0.306. The highest BCUT2D eigenvalue weighted by atomic mass is 16.5. The zero-order valence-electron chi connectivity index (χ0n) is 7.62. The molecule has 4 heteroatoms. The van der Waals surface area contributed by atoms with E-state index in [0.29, 0.717) is 6.10 Å². The third-order valence-corrected chi connectivity index (χ3v) is 2.28. The van der Waals surface area contributed by atoms with Gasteiger partial charge in [-0.2, -0.15) is 5.10 Å². The smallest absolute Gasteiger partial charge is 0.157 e. The fourth-order valence-corrected chi connectivity index (χ4v) is 1.58. The van der Waals surface area contributed by atoms with Gasteiger partial charge in [0.05, 0.1) is 12.4 Å². The van der Waals surface area contributed by atoms with Crippen molar-refractivity contribution in [1.82, 2.24) is 15.5 Å². The molecule has 0 aromatic carbocycles. The summed E-state index contributed by atoms with van der Waals surface area (Å²) >= 11 is 0. The van der Waals surface area contributed by atoms with Gasteiger partial charge >= 0.3 is 0 Å². The van der Waals surface area contributed by atoms with E-state index in [0.717, 1.165) is 25.3 Å². The summed E-state index contributed by atoms with van der Waals surface area (Å²) in [6.07, 6.45) is 7.44. The summed E-state index contributed by atoms with van der Waals surface area (Å²) in [4.78, 5) is 0. The Morgan fingerprint density at radius 1 is 1.46 bits per heavy atom. The monoisotopic (exact) mass is 181 g/mol. The van der Waals surface area contributed by atoms with E-state index in [9.17, 15) is 0 Å². The Morgan fingerprint density at radius 3 is 3.31 bits per heavy atom. The van der Waals surface area contributed by atoms with Gasteiger partial charge in [-0.1, -0.05) is 0 Å². The van der Waals surface area contributed by atoms with Crippen molar-refractivity contribution >= 4 is 0 Å². The summed E-state index contributed by atoms with van der Waals surface area (Å²) in [5.41, 5.74) is 0. The van der Waals surface area contributed by atoms with E-state index < -0.39 is 0 Å². The van der Waals surface area contributed by atoms with Gasteiger partial charge in [0.25, 0.3) is 0 Å². The van der Waals surface area contributed by atoms with E-state index in [1.807, 2.05) is 0 Å². The molecule has 0 spiro atoms. The molecule has 0 amide bonds. The second kappa shape index (κ2) is 4.28. The Hall–Kier alpha value is -1.03. The standard InChI is InChI=1S/C9H15N3O/c1-2-4-10-5-8(3-1)13-9-6-11-12-7-9/h6-8,10H,1-5H2,(H,11,12). The number of H-pyrrole nitrogens is 1. The van der Waals surface area contributed by atoms with Crippen LogP contribution in [-0.2, 0) is 0 Å². The predicted octanol–water partition coefficient (Wildman–Crippen LogP) is 0.931. The summed E-state index contributed by atoms with van der Waals surface area (Å²) < 4.78 is 5.72. The van der Waals surface area contributed by atoms with Gasteiger partial charge in [0.15, 0.2) is 5.75 Å². The molecule has 1 aliphatic heterocycles. The van der Waals surface area contributed by atoms with Crippen molar-refractivity contribution in [3.8, 4) is 5.75 Å². The molecule has 0 saturated carbocycles. The van der Waals surface area contributed by atoms with Crippen LogP contribution in [0.1, 0.15) is 19.3 Å². The molecule has 1 saturated heterocycles. The van der Waals surface area contributed by atoms with Gasteiger partial charge in [-0.25, -0.2) is 0 Å². The molecule has 0 aliphatic carbocycles. The second-order valence-electron chi connectivity index (χ2n) is 3.37. The molecule has 0 bridgehead atoms. The first-order valence-electron chi connectivity index (χ1n) is 4.81. The van der Waals surface area contributed by atoms with Crippen LogP contribution in [0.5, 0.6) is 5.75 Å². The van der Waals surface area contributed by atoms with Crippen LogP contribution in [-0.4, -0.2) is 29.4 Å². The minimum Gasteiger partial charge on any atom is -0.486 e. The average Bonchev–Trinajstić information content (AvgIpc) is 2.49. The molecule has 13 heavy (non-hydrogen) atoms. The van der Waals surface area contributed by atoms with Crippen molar-refractivity contribution < 1.29 is 4.74 Å².